The van der Waals surface area contributed by atoms with E-state index in [1.54, 1.807) is 7.11 Å². The number of hydrogen-bond acceptors (Lipinski definition) is 4. The van der Waals surface area contributed by atoms with E-state index in [4.69, 9.17) is 4.74 Å². The molecule has 2 amide bonds. The van der Waals surface area contributed by atoms with Gasteiger partial charge in [0.15, 0.2) is 0 Å². The fourth-order valence-electron chi connectivity index (χ4n) is 4.25. The van der Waals surface area contributed by atoms with Crippen LogP contribution in [0.2, 0.25) is 0 Å². The van der Waals surface area contributed by atoms with Crippen LogP contribution in [0.5, 0.6) is 5.75 Å². The minimum atomic E-state index is -0.747. The Morgan fingerprint density at radius 1 is 1.19 bits per heavy atom. The van der Waals surface area contributed by atoms with Gasteiger partial charge in [0.2, 0.25) is 11.8 Å². The summed E-state index contributed by atoms with van der Waals surface area (Å²) in [6.45, 7) is 11.3. The molecular formula is C21H32N2O3. The average molecular weight is 360 g/mol. The zero-order chi connectivity index (χ0) is 19.4. The number of carbonyl (C=O) groups excluding carboxylic acids is 2. The van der Waals surface area contributed by atoms with E-state index in [1.165, 1.54) is 0 Å². The topological polar surface area (TPSA) is 58.6 Å². The maximum absolute atomic E-state index is 13.2. The van der Waals surface area contributed by atoms with Crippen molar-refractivity contribution >= 4 is 11.8 Å². The van der Waals surface area contributed by atoms with Crippen molar-refractivity contribution in [1.82, 2.24) is 10.2 Å². The van der Waals surface area contributed by atoms with E-state index in [0.29, 0.717) is 12.8 Å². The number of methoxy groups -OCH3 is 1. The lowest BCUT2D eigenvalue weighted by molar-refractivity contribution is -0.145. The van der Waals surface area contributed by atoms with Crippen LogP contribution < -0.4 is 10.1 Å². The molecule has 0 aromatic heterocycles. The van der Waals surface area contributed by atoms with Crippen molar-refractivity contribution in [3.8, 4) is 5.75 Å². The molecule has 1 atom stereocenters. The van der Waals surface area contributed by atoms with E-state index < -0.39 is 10.8 Å². The van der Waals surface area contributed by atoms with Gasteiger partial charge in [0, 0.05) is 6.42 Å². The summed E-state index contributed by atoms with van der Waals surface area (Å²) in [4.78, 5) is 27.6. The highest BCUT2D eigenvalue weighted by atomic mass is 16.5. The highest BCUT2D eigenvalue weighted by Gasteiger charge is 2.55. The third-order valence-electron chi connectivity index (χ3n) is 5.88. The second-order valence-electron chi connectivity index (χ2n) is 7.71. The number of hydrogen-bond donors (Lipinski definition) is 1. The predicted octanol–water partition coefficient (Wildman–Crippen LogP) is 3.13. The molecule has 0 aliphatic carbocycles. The lowest BCUT2D eigenvalue weighted by Gasteiger charge is -2.49. The molecule has 1 N–H and O–H groups in total. The Bertz CT molecular complexity index is 652. The van der Waals surface area contributed by atoms with Gasteiger partial charge in [-0.1, -0.05) is 39.8 Å². The molecule has 1 aliphatic rings. The van der Waals surface area contributed by atoms with Gasteiger partial charge in [-0.15, -0.1) is 0 Å². The summed E-state index contributed by atoms with van der Waals surface area (Å²) < 4.78 is 5.39. The molecule has 2 rings (SSSR count). The summed E-state index contributed by atoms with van der Waals surface area (Å²) in [5.41, 5.74) is -0.295. The number of amides is 2. The number of ether oxygens (including phenoxy) is 1. The summed E-state index contributed by atoms with van der Waals surface area (Å²) in [6, 6.07) is 7.72. The molecule has 1 fully saturated rings. The molecule has 1 aliphatic heterocycles. The van der Waals surface area contributed by atoms with Crippen molar-refractivity contribution in [2.45, 2.75) is 52.4 Å². The molecule has 0 saturated carbocycles. The fourth-order valence-corrected chi connectivity index (χ4v) is 4.25. The molecule has 0 bridgehead atoms. The lowest BCUT2D eigenvalue weighted by atomic mass is 9.56. The Hall–Kier alpha value is -1.88. The van der Waals surface area contributed by atoms with Crippen LogP contribution in [0.4, 0.5) is 0 Å². The molecule has 1 saturated heterocycles. The van der Waals surface area contributed by atoms with Crippen LogP contribution in [0.1, 0.15) is 52.5 Å². The van der Waals surface area contributed by atoms with E-state index in [2.05, 4.69) is 24.1 Å². The Morgan fingerprint density at radius 3 is 2.46 bits per heavy atom. The van der Waals surface area contributed by atoms with E-state index in [-0.39, 0.29) is 11.8 Å². The van der Waals surface area contributed by atoms with Crippen LogP contribution in [0, 0.1) is 5.41 Å². The molecule has 26 heavy (non-hydrogen) atoms. The van der Waals surface area contributed by atoms with Crippen molar-refractivity contribution in [3.05, 3.63) is 29.8 Å². The normalized spacial score (nSPS) is 22.4. The van der Waals surface area contributed by atoms with Gasteiger partial charge in [-0.3, -0.25) is 14.9 Å². The van der Waals surface area contributed by atoms with Crippen molar-refractivity contribution in [2.24, 2.45) is 5.41 Å². The monoisotopic (exact) mass is 360 g/mol. The standard InChI is InChI=1S/C21H32N2O3/c1-6-23(7-2)13-9-12-21(16-10-8-11-17(14-16)26-5)19(25)22-18(24)15-20(21,3)4/h8,10-11,14H,6-7,9,12-13,15H2,1-5H3,(H,22,24,25). The molecule has 1 aromatic rings. The van der Waals surface area contributed by atoms with Gasteiger partial charge >= 0.3 is 0 Å². The maximum Gasteiger partial charge on any atom is 0.237 e. The highest BCUT2D eigenvalue weighted by molar-refractivity contribution is 6.04. The Labute approximate surface area is 157 Å². The van der Waals surface area contributed by atoms with Crippen molar-refractivity contribution < 1.29 is 14.3 Å². The van der Waals surface area contributed by atoms with Gasteiger partial charge in [-0.25, -0.2) is 0 Å². The molecule has 1 unspecified atom stereocenters. The third kappa shape index (κ3) is 3.78. The third-order valence-corrected chi connectivity index (χ3v) is 5.88. The highest BCUT2D eigenvalue weighted by Crippen LogP contribution is 2.50. The molecule has 1 heterocycles. The number of carbonyl (C=O) groups is 2. The Morgan fingerprint density at radius 2 is 1.88 bits per heavy atom. The van der Waals surface area contributed by atoms with Crippen LogP contribution >= 0.6 is 0 Å². The van der Waals surface area contributed by atoms with Crippen LogP contribution in [0.25, 0.3) is 0 Å². The van der Waals surface area contributed by atoms with Crippen molar-refractivity contribution in [3.63, 3.8) is 0 Å². The predicted molar refractivity (Wildman–Crippen MR) is 103 cm³/mol. The minimum absolute atomic E-state index is 0.188. The van der Waals surface area contributed by atoms with E-state index in [0.717, 1.165) is 37.4 Å². The first-order valence-corrected chi connectivity index (χ1v) is 9.52. The molecular weight excluding hydrogens is 328 g/mol. The van der Waals surface area contributed by atoms with Gasteiger partial charge in [-0.05, 0) is 55.6 Å². The zero-order valence-corrected chi connectivity index (χ0v) is 16.7. The second-order valence-corrected chi connectivity index (χ2v) is 7.71. The Balaban J connectivity index is 2.43. The van der Waals surface area contributed by atoms with Crippen molar-refractivity contribution in [1.29, 1.82) is 0 Å². The number of piperidine rings is 1. The van der Waals surface area contributed by atoms with E-state index in [1.807, 2.05) is 38.1 Å². The van der Waals surface area contributed by atoms with Crippen LogP contribution in [-0.2, 0) is 15.0 Å². The largest absolute Gasteiger partial charge is 0.497 e. The SMILES string of the molecule is CCN(CC)CCCC1(c2cccc(OC)c2)C(=O)NC(=O)CC1(C)C. The van der Waals surface area contributed by atoms with Gasteiger partial charge in [0.25, 0.3) is 0 Å². The first kappa shape index (κ1) is 20.4. The number of nitrogens with zero attached hydrogens (tertiary/aromatic N) is 1. The molecule has 144 valence electrons. The van der Waals surface area contributed by atoms with E-state index in [9.17, 15) is 9.59 Å². The maximum atomic E-state index is 13.2. The summed E-state index contributed by atoms with van der Waals surface area (Å²) in [7, 11) is 1.63. The second kappa shape index (κ2) is 8.21. The first-order valence-electron chi connectivity index (χ1n) is 9.52. The van der Waals surface area contributed by atoms with E-state index >= 15 is 0 Å². The summed E-state index contributed by atoms with van der Waals surface area (Å²) in [5, 5.41) is 2.60. The summed E-state index contributed by atoms with van der Waals surface area (Å²) in [5.74, 6) is 0.347. The number of rotatable bonds is 8. The van der Waals surface area contributed by atoms with Gasteiger partial charge in [0.1, 0.15) is 5.75 Å². The number of imide groups is 1. The molecule has 0 radical (unpaired) electrons. The Kier molecular flexibility index (Phi) is 6.45. The quantitative estimate of drug-likeness (QED) is 0.724. The molecule has 0 spiro atoms. The van der Waals surface area contributed by atoms with Gasteiger partial charge < -0.3 is 9.64 Å². The molecule has 5 heteroatoms. The summed E-state index contributed by atoms with van der Waals surface area (Å²) in [6.07, 6.45) is 1.92. The zero-order valence-electron chi connectivity index (χ0n) is 16.7. The number of nitrogens with one attached hydrogen (secondary N) is 1. The first-order chi connectivity index (χ1) is 12.3. The van der Waals surface area contributed by atoms with Crippen molar-refractivity contribution in [2.75, 3.05) is 26.7 Å². The fraction of sp³-hybridized carbons (Fsp3) is 0.619. The van der Waals surface area contributed by atoms with Crippen LogP contribution in [0.15, 0.2) is 24.3 Å². The lowest BCUT2D eigenvalue weighted by Crippen LogP contribution is -2.61. The van der Waals surface area contributed by atoms with Crippen LogP contribution in [-0.4, -0.2) is 43.5 Å². The number of benzene rings is 1. The minimum Gasteiger partial charge on any atom is -0.497 e. The summed E-state index contributed by atoms with van der Waals surface area (Å²) >= 11 is 0. The molecule has 5 nitrogen and oxygen atoms in total. The van der Waals surface area contributed by atoms with Crippen LogP contribution in [0.3, 0.4) is 0 Å². The smallest absolute Gasteiger partial charge is 0.237 e. The molecule has 1 aromatic carbocycles. The average Bonchev–Trinajstić information content (AvgIpc) is 2.60. The van der Waals surface area contributed by atoms with Gasteiger partial charge in [-0.2, -0.15) is 0 Å². The van der Waals surface area contributed by atoms with Gasteiger partial charge in [0.05, 0.1) is 12.5 Å².